The lowest BCUT2D eigenvalue weighted by molar-refractivity contribution is -0.183. The second-order valence-electron chi connectivity index (χ2n) is 7.44. The number of nitrogens with one attached hydrogen (secondary N) is 1. The van der Waals surface area contributed by atoms with Gasteiger partial charge in [-0.25, -0.2) is 4.98 Å². The largest absolute Gasteiger partial charge is 0.391 e. The zero-order chi connectivity index (χ0) is 20.6. The Balaban J connectivity index is 1.65. The first-order valence-corrected chi connectivity index (χ1v) is 9.53. The molecule has 1 aliphatic carbocycles. The summed E-state index contributed by atoms with van der Waals surface area (Å²) in [6, 6.07) is 10.4. The minimum absolute atomic E-state index is 0.0996. The Kier molecular flexibility index (Phi) is 5.02. The molecule has 1 amide bonds. The summed E-state index contributed by atoms with van der Waals surface area (Å²) in [6.07, 6.45) is -3.27. The quantitative estimate of drug-likeness (QED) is 0.665. The van der Waals surface area contributed by atoms with Crippen LogP contribution in [0.2, 0.25) is 0 Å². The van der Waals surface area contributed by atoms with Gasteiger partial charge in [0.15, 0.2) is 0 Å². The number of hydrogen-bond donors (Lipinski definition) is 1. The van der Waals surface area contributed by atoms with Crippen molar-refractivity contribution in [1.82, 2.24) is 15.5 Å². The third-order valence-corrected chi connectivity index (χ3v) is 5.40. The highest BCUT2D eigenvalue weighted by Crippen LogP contribution is 2.37. The van der Waals surface area contributed by atoms with E-state index in [4.69, 9.17) is 4.52 Å². The van der Waals surface area contributed by atoms with E-state index in [2.05, 4.69) is 15.5 Å². The minimum atomic E-state index is -4.24. The van der Waals surface area contributed by atoms with E-state index in [0.717, 1.165) is 5.56 Å². The third-order valence-electron chi connectivity index (χ3n) is 5.40. The van der Waals surface area contributed by atoms with Crippen LogP contribution in [0.3, 0.4) is 0 Å². The van der Waals surface area contributed by atoms with Gasteiger partial charge in [-0.1, -0.05) is 41.9 Å². The first-order chi connectivity index (χ1) is 13.8. The minimum Gasteiger partial charge on any atom is -0.349 e. The van der Waals surface area contributed by atoms with Gasteiger partial charge < -0.3 is 9.84 Å². The molecule has 0 saturated heterocycles. The normalized spacial score (nSPS) is 20.0. The van der Waals surface area contributed by atoms with Crippen LogP contribution in [0.1, 0.15) is 41.7 Å². The highest BCUT2D eigenvalue weighted by Gasteiger charge is 2.42. The smallest absolute Gasteiger partial charge is 0.349 e. The number of carbonyl (C=O) groups is 1. The number of aromatic nitrogens is 2. The summed E-state index contributed by atoms with van der Waals surface area (Å²) < 4.78 is 44.5. The fourth-order valence-corrected chi connectivity index (χ4v) is 3.91. The zero-order valence-electron chi connectivity index (χ0n) is 15.8. The van der Waals surface area contributed by atoms with Crippen LogP contribution in [-0.4, -0.2) is 28.3 Å². The highest BCUT2D eigenvalue weighted by atomic mass is 19.4. The first kappa shape index (κ1) is 19.4. The molecule has 0 bridgehead atoms. The fraction of sp³-hybridized carbons (Fsp3) is 0.381. The van der Waals surface area contributed by atoms with Crippen molar-refractivity contribution in [2.24, 2.45) is 5.92 Å². The number of rotatable bonds is 3. The van der Waals surface area contributed by atoms with Gasteiger partial charge in [0.2, 0.25) is 0 Å². The molecule has 152 valence electrons. The molecule has 1 aromatic carbocycles. The summed E-state index contributed by atoms with van der Waals surface area (Å²) in [5, 5.41) is 7.16. The maximum atomic E-state index is 13.1. The molecule has 4 rings (SSSR count). The van der Waals surface area contributed by atoms with Crippen molar-refractivity contribution in [3.63, 3.8) is 0 Å². The van der Waals surface area contributed by atoms with Crippen LogP contribution in [0.25, 0.3) is 22.4 Å². The second kappa shape index (κ2) is 7.50. The predicted molar refractivity (Wildman–Crippen MR) is 101 cm³/mol. The van der Waals surface area contributed by atoms with E-state index in [0.29, 0.717) is 35.2 Å². The van der Waals surface area contributed by atoms with Crippen LogP contribution in [0.15, 0.2) is 40.9 Å². The Morgan fingerprint density at radius 3 is 2.69 bits per heavy atom. The lowest BCUT2D eigenvalue weighted by Gasteiger charge is -2.31. The number of alkyl halides is 3. The van der Waals surface area contributed by atoms with E-state index in [1.165, 1.54) is 0 Å². The first-order valence-electron chi connectivity index (χ1n) is 9.53. The summed E-state index contributed by atoms with van der Waals surface area (Å²) in [5.41, 5.74) is 2.38. The van der Waals surface area contributed by atoms with E-state index in [9.17, 15) is 18.0 Å². The van der Waals surface area contributed by atoms with E-state index in [-0.39, 0.29) is 18.6 Å². The molecular weight excluding hydrogens is 383 g/mol. The number of halogens is 3. The predicted octanol–water partition coefficient (Wildman–Crippen LogP) is 5.05. The van der Waals surface area contributed by atoms with Gasteiger partial charge in [-0.05, 0) is 32.3 Å². The Hall–Kier alpha value is -2.90. The van der Waals surface area contributed by atoms with Crippen LogP contribution in [0.4, 0.5) is 13.2 Å². The van der Waals surface area contributed by atoms with Crippen LogP contribution in [0.5, 0.6) is 0 Å². The van der Waals surface area contributed by atoms with Crippen LogP contribution in [0, 0.1) is 12.8 Å². The number of fused-ring (bicyclic) bond motifs is 1. The third kappa shape index (κ3) is 3.97. The van der Waals surface area contributed by atoms with E-state index >= 15 is 0 Å². The van der Waals surface area contributed by atoms with Gasteiger partial charge in [-0.15, -0.1) is 0 Å². The molecule has 1 fully saturated rings. The van der Waals surface area contributed by atoms with Crippen molar-refractivity contribution >= 4 is 17.0 Å². The van der Waals surface area contributed by atoms with E-state index in [1.807, 2.05) is 30.3 Å². The molecule has 2 aromatic heterocycles. The SMILES string of the molecule is Cc1noc2nc(-c3ccccc3)cc(C(=O)NC3CCCC(C(F)(F)F)C3)c12. The van der Waals surface area contributed by atoms with Gasteiger partial charge >= 0.3 is 6.18 Å². The van der Waals surface area contributed by atoms with Gasteiger partial charge in [0.25, 0.3) is 11.6 Å². The van der Waals surface area contributed by atoms with Crippen molar-refractivity contribution in [3.05, 3.63) is 47.7 Å². The molecule has 29 heavy (non-hydrogen) atoms. The maximum Gasteiger partial charge on any atom is 0.391 e. The number of aryl methyl sites for hydroxylation is 1. The Morgan fingerprint density at radius 2 is 1.97 bits per heavy atom. The lowest BCUT2D eigenvalue weighted by Crippen LogP contribution is -2.41. The molecule has 0 aliphatic heterocycles. The molecule has 3 aromatic rings. The van der Waals surface area contributed by atoms with Gasteiger partial charge in [0, 0.05) is 11.6 Å². The average Bonchev–Trinajstić information content (AvgIpc) is 3.08. The summed E-state index contributed by atoms with van der Waals surface area (Å²) in [4.78, 5) is 17.5. The van der Waals surface area contributed by atoms with Crippen LogP contribution >= 0.6 is 0 Å². The van der Waals surface area contributed by atoms with Crippen molar-refractivity contribution < 1.29 is 22.5 Å². The number of pyridine rings is 1. The summed E-state index contributed by atoms with van der Waals surface area (Å²) in [7, 11) is 0. The zero-order valence-corrected chi connectivity index (χ0v) is 15.8. The molecule has 2 unspecified atom stereocenters. The number of hydrogen-bond acceptors (Lipinski definition) is 4. The molecule has 2 atom stereocenters. The van der Waals surface area contributed by atoms with Crippen molar-refractivity contribution in [3.8, 4) is 11.3 Å². The number of benzene rings is 1. The lowest BCUT2D eigenvalue weighted by atomic mass is 9.85. The number of nitrogens with zero attached hydrogens (tertiary/aromatic N) is 2. The van der Waals surface area contributed by atoms with Crippen molar-refractivity contribution in [1.29, 1.82) is 0 Å². The topological polar surface area (TPSA) is 68.0 Å². The Labute approximate surface area is 165 Å². The highest BCUT2D eigenvalue weighted by molar-refractivity contribution is 6.07. The van der Waals surface area contributed by atoms with E-state index in [1.54, 1.807) is 13.0 Å². The van der Waals surface area contributed by atoms with Crippen LogP contribution < -0.4 is 5.32 Å². The molecule has 2 heterocycles. The molecule has 0 radical (unpaired) electrons. The summed E-state index contributed by atoms with van der Waals surface area (Å²) in [5.74, 6) is -1.81. The molecule has 5 nitrogen and oxygen atoms in total. The monoisotopic (exact) mass is 403 g/mol. The number of amides is 1. The average molecular weight is 403 g/mol. The van der Waals surface area contributed by atoms with Gasteiger partial charge in [0.1, 0.15) is 0 Å². The summed E-state index contributed by atoms with van der Waals surface area (Å²) in [6.45, 7) is 1.70. The molecular formula is C21H20F3N3O2. The maximum absolute atomic E-state index is 13.1. The standard InChI is InChI=1S/C21H20F3N3O2/c1-12-18-16(19(28)25-15-9-5-8-14(10-15)21(22,23)24)11-17(26-20(18)29-27-12)13-6-3-2-4-7-13/h2-4,6-7,11,14-15H,5,8-10H2,1H3,(H,25,28). The molecule has 1 saturated carbocycles. The summed E-state index contributed by atoms with van der Waals surface area (Å²) >= 11 is 0. The van der Waals surface area contributed by atoms with Crippen LogP contribution in [-0.2, 0) is 0 Å². The van der Waals surface area contributed by atoms with Gasteiger partial charge in [-0.3, -0.25) is 4.79 Å². The molecule has 0 spiro atoms. The Bertz CT molecular complexity index is 1030. The molecule has 8 heteroatoms. The van der Waals surface area contributed by atoms with Gasteiger partial charge in [-0.2, -0.15) is 13.2 Å². The molecule has 1 aliphatic rings. The molecule has 1 N–H and O–H groups in total. The Morgan fingerprint density at radius 1 is 1.21 bits per heavy atom. The van der Waals surface area contributed by atoms with E-state index < -0.39 is 24.0 Å². The number of carbonyl (C=O) groups excluding carboxylic acids is 1. The fourth-order valence-electron chi connectivity index (χ4n) is 3.91. The van der Waals surface area contributed by atoms with Crippen molar-refractivity contribution in [2.75, 3.05) is 0 Å². The second-order valence-corrected chi connectivity index (χ2v) is 7.44. The van der Waals surface area contributed by atoms with Gasteiger partial charge in [0.05, 0.1) is 28.3 Å². The van der Waals surface area contributed by atoms with Crippen molar-refractivity contribution in [2.45, 2.75) is 44.8 Å².